The third-order valence-corrected chi connectivity index (χ3v) is 11.7. The fraction of sp³-hybridized carbons (Fsp3) is 0.622. The molecule has 260 valence electrons. The number of ether oxygens (including phenoxy) is 3. The van der Waals surface area contributed by atoms with Gasteiger partial charge in [0, 0.05) is 52.3 Å². The van der Waals surface area contributed by atoms with Crippen LogP contribution in [0.15, 0.2) is 48.5 Å². The Balaban J connectivity index is 1.67. The molecule has 2 aromatic rings. The van der Waals surface area contributed by atoms with Crippen LogP contribution >= 0.6 is 0 Å². The van der Waals surface area contributed by atoms with E-state index in [4.69, 9.17) is 14.2 Å². The number of unbranched alkanes of at least 4 members (excludes halogenated alkanes) is 1. The smallest absolute Gasteiger partial charge is 0.408 e. The van der Waals surface area contributed by atoms with Crippen molar-refractivity contribution in [2.45, 2.75) is 101 Å². The lowest BCUT2D eigenvalue weighted by Gasteiger charge is -2.54. The molecule has 1 heterocycles. The second kappa shape index (κ2) is 16.6. The number of hydrogen-bond donors (Lipinski definition) is 3. The predicted octanol–water partition coefficient (Wildman–Crippen LogP) is 6.62. The molecule has 1 amide bonds. The van der Waals surface area contributed by atoms with Crippen molar-refractivity contribution in [3.63, 3.8) is 0 Å². The van der Waals surface area contributed by atoms with Crippen molar-refractivity contribution in [3.8, 4) is 11.5 Å². The number of carbonyl (C=O) groups excluding carboxylic acids is 2. The minimum absolute atomic E-state index is 0.245. The van der Waals surface area contributed by atoms with Gasteiger partial charge < -0.3 is 34.5 Å². The summed E-state index contributed by atoms with van der Waals surface area (Å²) in [5, 5.41) is 27.6. The maximum absolute atomic E-state index is 13.3. The molecular weight excluding hydrogens is 613 g/mol. The van der Waals surface area contributed by atoms with Crippen molar-refractivity contribution in [2.24, 2.45) is 11.8 Å². The normalized spacial score (nSPS) is 25.0. The van der Waals surface area contributed by atoms with E-state index in [0.717, 1.165) is 54.9 Å². The zero-order chi connectivity index (χ0) is 34.1. The molecule has 2 aromatic carbocycles. The number of rotatable bonds is 15. The number of nitrogens with one attached hydrogen (secondary N) is 1. The lowest BCUT2D eigenvalue weighted by atomic mass is 9.71. The Morgan fingerprint density at radius 3 is 2.49 bits per heavy atom. The highest BCUT2D eigenvalue weighted by molar-refractivity contribution is 6.76. The number of carbonyl (C=O) groups is 2. The molecule has 1 saturated heterocycles. The molecule has 0 radical (unpaired) electrons. The molecule has 4 rings (SSSR count). The van der Waals surface area contributed by atoms with Crippen molar-refractivity contribution in [1.29, 1.82) is 0 Å². The molecule has 0 aromatic heterocycles. The van der Waals surface area contributed by atoms with Crippen molar-refractivity contribution in [1.82, 2.24) is 10.2 Å². The van der Waals surface area contributed by atoms with Crippen LogP contribution in [0.2, 0.25) is 25.7 Å². The topological polar surface area (TPSA) is 118 Å². The first kappa shape index (κ1) is 37.1. The van der Waals surface area contributed by atoms with Crippen molar-refractivity contribution in [2.75, 3.05) is 33.4 Å². The Kier molecular flexibility index (Phi) is 13.1. The largest absolute Gasteiger partial charge is 0.457 e. The standard InChI is InChI=1S/C37H56N2O7Si/c1-28-13-6-8-16-32(28)46-33-17-9-7-15-31(33)36(43,20-10-11-22-44-2)30-14-12-21-39(26-30)37(25-29(27-40)18-19-34(37)41)38-35(42)45-23-24-47(3,4)5/h6-9,13,15-17,27,29-30,34,41,43H,10-12,14,18-26H2,1-5H3,(H,38,42)/t29?,30?,34-,36-,37+/m1/s1. The number of hydrogen-bond acceptors (Lipinski definition) is 8. The van der Waals surface area contributed by atoms with Gasteiger partial charge in [0.25, 0.3) is 0 Å². The molecule has 1 aliphatic heterocycles. The Morgan fingerprint density at radius 1 is 1.06 bits per heavy atom. The third kappa shape index (κ3) is 9.44. The van der Waals surface area contributed by atoms with Crippen LogP contribution < -0.4 is 10.1 Å². The average Bonchev–Trinajstić information content (AvgIpc) is 3.05. The van der Waals surface area contributed by atoms with E-state index in [9.17, 15) is 19.8 Å². The quantitative estimate of drug-likeness (QED) is 0.110. The number of benzene rings is 2. The SMILES string of the molecule is COCCCC[C@](O)(c1ccccc1Oc1ccccc1C)C1CCCN([C@@]2(NC(=O)OCC[Si](C)(C)C)CC(C=O)CC[C@H]2O)C1. The van der Waals surface area contributed by atoms with Gasteiger partial charge in [-0.15, -0.1) is 0 Å². The zero-order valence-corrected chi connectivity index (χ0v) is 30.0. The van der Waals surface area contributed by atoms with Crippen molar-refractivity contribution in [3.05, 3.63) is 59.7 Å². The van der Waals surface area contributed by atoms with Gasteiger partial charge in [0.2, 0.25) is 0 Å². The number of alkyl carbamates (subject to hydrolysis) is 1. The van der Waals surface area contributed by atoms with Crippen LogP contribution in [0.5, 0.6) is 11.5 Å². The van der Waals surface area contributed by atoms with Gasteiger partial charge in [-0.05, 0) is 82.0 Å². The monoisotopic (exact) mass is 668 g/mol. The molecule has 2 fully saturated rings. The molecule has 0 bridgehead atoms. The fourth-order valence-corrected chi connectivity index (χ4v) is 7.93. The van der Waals surface area contributed by atoms with Crippen molar-refractivity contribution < 1.29 is 34.0 Å². The summed E-state index contributed by atoms with van der Waals surface area (Å²) in [5.74, 6) is 0.779. The van der Waals surface area contributed by atoms with Crippen LogP contribution in [0.3, 0.4) is 0 Å². The maximum atomic E-state index is 13.3. The highest BCUT2D eigenvalue weighted by Gasteiger charge is 2.52. The summed E-state index contributed by atoms with van der Waals surface area (Å²) in [6, 6.07) is 16.4. The Labute approximate surface area is 282 Å². The van der Waals surface area contributed by atoms with E-state index >= 15 is 0 Å². The summed E-state index contributed by atoms with van der Waals surface area (Å²) in [6.45, 7) is 10.6. The summed E-state index contributed by atoms with van der Waals surface area (Å²) < 4.78 is 17.5. The van der Waals surface area contributed by atoms with E-state index in [0.29, 0.717) is 51.3 Å². The zero-order valence-electron chi connectivity index (χ0n) is 29.0. The first-order valence-corrected chi connectivity index (χ1v) is 21.0. The van der Waals surface area contributed by atoms with Gasteiger partial charge >= 0.3 is 6.09 Å². The number of aldehydes is 1. The predicted molar refractivity (Wildman–Crippen MR) is 186 cm³/mol. The van der Waals surface area contributed by atoms with Gasteiger partial charge in [-0.1, -0.05) is 56.0 Å². The molecule has 47 heavy (non-hydrogen) atoms. The van der Waals surface area contributed by atoms with Gasteiger partial charge in [0.15, 0.2) is 0 Å². The van der Waals surface area contributed by atoms with E-state index in [1.54, 1.807) is 7.11 Å². The number of nitrogens with zero attached hydrogens (tertiary/aromatic N) is 1. The van der Waals surface area contributed by atoms with Gasteiger partial charge in [-0.25, -0.2) is 4.79 Å². The maximum Gasteiger partial charge on any atom is 0.408 e. The summed E-state index contributed by atoms with van der Waals surface area (Å²) in [6.07, 6.45) is 4.21. The van der Waals surface area contributed by atoms with Gasteiger partial charge in [-0.3, -0.25) is 4.90 Å². The molecule has 2 unspecified atom stereocenters. The molecule has 1 saturated carbocycles. The summed E-state index contributed by atoms with van der Waals surface area (Å²) in [7, 11) is 0.255. The highest BCUT2D eigenvalue weighted by Crippen LogP contribution is 2.46. The number of piperidine rings is 1. The van der Waals surface area contributed by atoms with Crippen molar-refractivity contribution >= 4 is 20.5 Å². The molecule has 5 atom stereocenters. The average molecular weight is 669 g/mol. The lowest BCUT2D eigenvalue weighted by Crippen LogP contribution is -2.71. The fourth-order valence-electron chi connectivity index (χ4n) is 7.21. The molecular formula is C37H56N2O7Si. The number of aliphatic hydroxyl groups excluding tert-OH is 1. The molecule has 0 spiro atoms. The van der Waals surface area contributed by atoms with E-state index in [2.05, 4.69) is 29.9 Å². The van der Waals surface area contributed by atoms with E-state index < -0.39 is 31.5 Å². The Morgan fingerprint density at radius 2 is 1.79 bits per heavy atom. The summed E-state index contributed by atoms with van der Waals surface area (Å²) in [5.41, 5.74) is -0.743. The molecule has 3 N–H and O–H groups in total. The Hall–Kier alpha value is -2.76. The van der Waals surface area contributed by atoms with Crippen LogP contribution in [-0.4, -0.2) is 80.7 Å². The minimum atomic E-state index is -1.43. The number of methoxy groups -OCH3 is 1. The third-order valence-electron chi connectivity index (χ3n) is 10.0. The van der Waals surface area contributed by atoms with Gasteiger partial charge in [0.05, 0.1) is 18.3 Å². The second-order valence-corrected chi connectivity index (χ2v) is 20.3. The number of aliphatic hydroxyl groups is 2. The minimum Gasteiger partial charge on any atom is -0.457 e. The molecule has 1 aliphatic carbocycles. The van der Waals surface area contributed by atoms with Crippen LogP contribution in [0.1, 0.15) is 62.5 Å². The molecule has 10 heteroatoms. The first-order valence-electron chi connectivity index (χ1n) is 17.3. The van der Waals surface area contributed by atoms with Crippen LogP contribution in [0.4, 0.5) is 4.79 Å². The molecule has 2 aliphatic rings. The number of likely N-dealkylation sites (tertiary alicyclic amines) is 1. The van der Waals surface area contributed by atoms with E-state index in [-0.39, 0.29) is 18.3 Å². The lowest BCUT2D eigenvalue weighted by molar-refractivity contribution is -0.138. The summed E-state index contributed by atoms with van der Waals surface area (Å²) >= 11 is 0. The first-order chi connectivity index (χ1) is 22.4. The summed E-state index contributed by atoms with van der Waals surface area (Å²) in [4.78, 5) is 27.5. The van der Waals surface area contributed by atoms with Crippen LogP contribution in [0, 0.1) is 18.8 Å². The second-order valence-electron chi connectivity index (χ2n) is 14.7. The van der Waals surface area contributed by atoms with Gasteiger partial charge in [-0.2, -0.15) is 0 Å². The Bertz CT molecular complexity index is 1320. The number of aryl methyl sites for hydroxylation is 1. The number of para-hydroxylation sites is 2. The van der Waals surface area contributed by atoms with E-state index in [1.807, 2.05) is 55.5 Å². The molecule has 9 nitrogen and oxygen atoms in total. The van der Waals surface area contributed by atoms with Gasteiger partial charge in [0.1, 0.15) is 23.4 Å². The van der Waals surface area contributed by atoms with E-state index in [1.165, 1.54) is 0 Å². The highest BCUT2D eigenvalue weighted by atomic mass is 28.3. The van der Waals surface area contributed by atoms with Crippen LogP contribution in [0.25, 0.3) is 0 Å². The number of amides is 1. The van der Waals surface area contributed by atoms with Crippen LogP contribution in [-0.2, 0) is 19.9 Å².